The summed E-state index contributed by atoms with van der Waals surface area (Å²) in [5, 5.41) is 0. The molecule has 0 spiro atoms. The van der Waals surface area contributed by atoms with Crippen molar-refractivity contribution in [2.24, 2.45) is 0 Å². The van der Waals surface area contributed by atoms with Gasteiger partial charge in [0, 0.05) is 0 Å². The Kier molecular flexibility index (Phi) is 13.8. The molecule has 0 fully saturated rings. The van der Waals surface area contributed by atoms with Gasteiger partial charge in [-0.2, -0.15) is 0 Å². The Morgan fingerprint density at radius 1 is 1.29 bits per heavy atom. The van der Waals surface area contributed by atoms with Crippen LogP contribution in [-0.4, -0.2) is 9.13 Å². The normalized spacial score (nSPS) is 7.71. The van der Waals surface area contributed by atoms with Crippen LogP contribution in [0, 0.1) is 0 Å². The maximum atomic E-state index is 11.1. The van der Waals surface area contributed by atoms with Crippen LogP contribution in [0.1, 0.15) is 20.3 Å². The molecule has 46 valence electrons. The number of halogens is 1. The predicted octanol–water partition coefficient (Wildman–Crippen LogP) is 2.36. The van der Waals surface area contributed by atoms with Gasteiger partial charge in [-0.1, -0.05) is 20.3 Å². The van der Waals surface area contributed by atoms with Crippen molar-refractivity contribution < 1.29 is 4.11 Å². The van der Waals surface area contributed by atoms with Crippen LogP contribution in [0.2, 0.25) is 13.1 Å². The van der Waals surface area contributed by atoms with E-state index in [4.69, 9.17) is 0 Å². The second-order valence-corrected chi connectivity index (χ2v) is 3.75. The molecular weight excluding hydrogens is 107 g/mol. The monoisotopic (exact) mass is 122 g/mol. The van der Waals surface area contributed by atoms with E-state index in [1.54, 1.807) is 13.1 Å². The van der Waals surface area contributed by atoms with Crippen LogP contribution in [0.3, 0.4) is 0 Å². The largest absolute Gasteiger partial charge is 0.319 e. The first-order valence-electron chi connectivity index (χ1n) is 2.79. The van der Waals surface area contributed by atoms with E-state index in [0.717, 1.165) is 0 Å². The molecule has 0 nitrogen and oxygen atoms in total. The SMILES string of the molecule is CCC.C[SiH](C)F. The summed E-state index contributed by atoms with van der Waals surface area (Å²) in [4.78, 5) is 0. The highest BCUT2D eigenvalue weighted by Crippen LogP contribution is 1.72. The van der Waals surface area contributed by atoms with E-state index in [2.05, 4.69) is 13.8 Å². The van der Waals surface area contributed by atoms with Gasteiger partial charge in [-0.25, -0.2) is 0 Å². The first-order valence-corrected chi connectivity index (χ1v) is 5.53. The molecule has 0 aromatic carbocycles. The smallest absolute Gasteiger partial charge is 0.225 e. The van der Waals surface area contributed by atoms with Gasteiger partial charge in [-0.3, -0.25) is 0 Å². The third-order valence-corrected chi connectivity index (χ3v) is 0. The van der Waals surface area contributed by atoms with Gasteiger partial charge in [-0.15, -0.1) is 0 Å². The molecule has 0 heterocycles. The minimum atomic E-state index is -1.64. The van der Waals surface area contributed by atoms with Gasteiger partial charge >= 0.3 is 0 Å². The fourth-order valence-electron chi connectivity index (χ4n) is 0. The lowest BCUT2D eigenvalue weighted by molar-refractivity contribution is 0.847. The second-order valence-electron chi connectivity index (χ2n) is 1.72. The maximum Gasteiger partial charge on any atom is 0.225 e. The van der Waals surface area contributed by atoms with E-state index < -0.39 is 9.13 Å². The number of hydrogen-bond donors (Lipinski definition) is 0. The van der Waals surface area contributed by atoms with Gasteiger partial charge in [0.25, 0.3) is 0 Å². The van der Waals surface area contributed by atoms with E-state index in [1.807, 2.05) is 0 Å². The first-order chi connectivity index (χ1) is 3.15. The summed E-state index contributed by atoms with van der Waals surface area (Å²) in [7, 11) is -1.64. The molecule has 0 aliphatic rings. The molecule has 0 aliphatic heterocycles. The lowest BCUT2D eigenvalue weighted by Gasteiger charge is -1.70. The van der Waals surface area contributed by atoms with Crippen molar-refractivity contribution in [2.75, 3.05) is 0 Å². The van der Waals surface area contributed by atoms with Gasteiger partial charge in [0.1, 0.15) is 0 Å². The summed E-state index contributed by atoms with van der Waals surface area (Å²) in [6.07, 6.45) is 1.25. The topological polar surface area (TPSA) is 0 Å². The van der Waals surface area contributed by atoms with E-state index in [1.165, 1.54) is 6.42 Å². The Bertz CT molecular complexity index is 19.3. The minimum absolute atomic E-state index is 1.25. The average Bonchev–Trinajstić information content (AvgIpc) is 1.33. The van der Waals surface area contributed by atoms with Crippen LogP contribution in [-0.2, 0) is 0 Å². The molecule has 0 radical (unpaired) electrons. The van der Waals surface area contributed by atoms with E-state index in [9.17, 15) is 4.11 Å². The highest BCUT2D eigenvalue weighted by atomic mass is 28.3. The van der Waals surface area contributed by atoms with Gasteiger partial charge in [0.2, 0.25) is 9.13 Å². The van der Waals surface area contributed by atoms with Crippen LogP contribution in [0.5, 0.6) is 0 Å². The zero-order valence-electron chi connectivity index (χ0n) is 5.66. The van der Waals surface area contributed by atoms with Crippen molar-refractivity contribution in [3.8, 4) is 0 Å². The van der Waals surface area contributed by atoms with E-state index in [0.29, 0.717) is 0 Å². The summed E-state index contributed by atoms with van der Waals surface area (Å²) in [5.74, 6) is 0. The highest BCUT2D eigenvalue weighted by Gasteiger charge is 1.79. The second kappa shape index (κ2) is 9.47. The highest BCUT2D eigenvalue weighted by molar-refractivity contribution is 6.47. The van der Waals surface area contributed by atoms with Crippen molar-refractivity contribution >= 4 is 9.13 Å². The summed E-state index contributed by atoms with van der Waals surface area (Å²) < 4.78 is 11.1. The molecule has 0 aliphatic carbocycles. The molecule has 0 unspecified atom stereocenters. The molecule has 0 aromatic rings. The third kappa shape index (κ3) is 4900. The lowest BCUT2D eigenvalue weighted by atomic mass is 10.6. The Morgan fingerprint density at radius 3 is 1.29 bits per heavy atom. The Labute approximate surface area is 47.5 Å². The minimum Gasteiger partial charge on any atom is -0.319 e. The molecule has 0 atom stereocenters. The van der Waals surface area contributed by atoms with Crippen LogP contribution in [0.4, 0.5) is 4.11 Å². The van der Waals surface area contributed by atoms with Crippen molar-refractivity contribution in [1.82, 2.24) is 0 Å². The average molecular weight is 122 g/mol. The molecule has 0 aromatic heterocycles. The Hall–Kier alpha value is 0.147. The molecule has 0 saturated carbocycles. The molecule has 0 rings (SSSR count). The standard InChI is InChI=1S/C3H8.C2H7FSi/c1-3-2;1-4(2)3/h3H2,1-2H3;4H,1-2H3. The quantitative estimate of drug-likeness (QED) is 0.342. The molecule has 0 bridgehead atoms. The van der Waals surface area contributed by atoms with Crippen molar-refractivity contribution in [1.29, 1.82) is 0 Å². The summed E-state index contributed by atoms with van der Waals surface area (Å²) in [6, 6.07) is 0. The van der Waals surface area contributed by atoms with Gasteiger partial charge in [0.05, 0.1) is 0 Å². The molecule has 0 amide bonds. The van der Waals surface area contributed by atoms with Crippen molar-refractivity contribution in [2.45, 2.75) is 33.4 Å². The van der Waals surface area contributed by atoms with Crippen LogP contribution in [0.15, 0.2) is 0 Å². The molecule has 0 saturated heterocycles. The first kappa shape index (κ1) is 10.2. The number of hydrogen-bond acceptors (Lipinski definition) is 0. The molecule has 2 heteroatoms. The van der Waals surface area contributed by atoms with Crippen LogP contribution < -0.4 is 0 Å². The van der Waals surface area contributed by atoms with Gasteiger partial charge in [-0.05, 0) is 13.1 Å². The lowest BCUT2D eigenvalue weighted by Crippen LogP contribution is -1.81. The summed E-state index contributed by atoms with van der Waals surface area (Å²) in [5.41, 5.74) is 0. The molecule has 0 N–H and O–H groups in total. The third-order valence-electron chi connectivity index (χ3n) is 0. The van der Waals surface area contributed by atoms with Crippen LogP contribution in [0.25, 0.3) is 0 Å². The fraction of sp³-hybridized carbons (Fsp3) is 1.00. The fourth-order valence-corrected chi connectivity index (χ4v) is 0. The summed E-state index contributed by atoms with van der Waals surface area (Å²) >= 11 is 0. The maximum absolute atomic E-state index is 11.1. The Balaban J connectivity index is 0. The zero-order valence-corrected chi connectivity index (χ0v) is 6.82. The van der Waals surface area contributed by atoms with E-state index >= 15 is 0 Å². The van der Waals surface area contributed by atoms with Crippen LogP contribution >= 0.6 is 0 Å². The molecule has 7 heavy (non-hydrogen) atoms. The Morgan fingerprint density at radius 2 is 1.29 bits per heavy atom. The predicted molar refractivity (Wildman–Crippen MR) is 35.9 cm³/mol. The van der Waals surface area contributed by atoms with Crippen molar-refractivity contribution in [3.63, 3.8) is 0 Å². The summed E-state index contributed by atoms with van der Waals surface area (Å²) in [6.45, 7) is 7.53. The van der Waals surface area contributed by atoms with Gasteiger partial charge < -0.3 is 4.11 Å². The zero-order chi connectivity index (χ0) is 6.28. The number of rotatable bonds is 0. The van der Waals surface area contributed by atoms with E-state index in [-0.39, 0.29) is 0 Å². The molecular formula is C5H15FSi. The van der Waals surface area contributed by atoms with Crippen molar-refractivity contribution in [3.05, 3.63) is 0 Å². The van der Waals surface area contributed by atoms with Gasteiger partial charge in [0.15, 0.2) is 0 Å².